The maximum Gasteiger partial charge on any atom is 0.267 e. The number of rotatable bonds is 4. The van der Waals surface area contributed by atoms with Crippen molar-refractivity contribution in [3.8, 4) is 11.3 Å². The van der Waals surface area contributed by atoms with Crippen LogP contribution in [0.3, 0.4) is 0 Å². The zero-order chi connectivity index (χ0) is 21.5. The Bertz CT molecular complexity index is 1130. The molecule has 1 amide bonds. The number of halogens is 1. The first-order valence-electron chi connectivity index (χ1n) is 11.1. The molecule has 0 aliphatic carbocycles. The number of fused-ring (bicyclic) bond motifs is 1. The summed E-state index contributed by atoms with van der Waals surface area (Å²) in [5.41, 5.74) is 10.7. The zero-order valence-electron chi connectivity index (χ0n) is 17.9. The van der Waals surface area contributed by atoms with Gasteiger partial charge < -0.3 is 15.5 Å². The fourth-order valence-corrected chi connectivity index (χ4v) is 5.34. The van der Waals surface area contributed by atoms with Crippen LogP contribution in [-0.2, 0) is 0 Å². The molecule has 2 aliphatic heterocycles. The zero-order valence-corrected chi connectivity index (χ0v) is 18.6. The predicted molar refractivity (Wildman–Crippen MR) is 125 cm³/mol. The van der Waals surface area contributed by atoms with Crippen molar-refractivity contribution >= 4 is 28.7 Å². The summed E-state index contributed by atoms with van der Waals surface area (Å²) in [6.07, 6.45) is 5.19. The normalized spacial score (nSPS) is 18.2. The van der Waals surface area contributed by atoms with Gasteiger partial charge in [0.25, 0.3) is 5.91 Å². The van der Waals surface area contributed by atoms with E-state index in [1.807, 2.05) is 12.1 Å². The number of hydrogen-bond donors (Lipinski definition) is 1. The third kappa shape index (κ3) is 3.79. The first kappa shape index (κ1) is 20.3. The summed E-state index contributed by atoms with van der Waals surface area (Å²) in [6, 6.07) is 12.7. The highest BCUT2D eigenvalue weighted by Gasteiger charge is 2.26. The molecule has 0 bridgehead atoms. The third-order valence-electron chi connectivity index (χ3n) is 6.80. The van der Waals surface area contributed by atoms with Gasteiger partial charge in [0, 0.05) is 30.4 Å². The quantitative estimate of drug-likeness (QED) is 0.666. The number of aryl methyl sites for hydroxylation is 1. The molecule has 0 unspecified atom stereocenters. The number of aromatic nitrogens is 2. The van der Waals surface area contributed by atoms with Gasteiger partial charge in [-0.2, -0.15) is 5.10 Å². The Morgan fingerprint density at radius 1 is 1.06 bits per heavy atom. The van der Waals surface area contributed by atoms with Gasteiger partial charge in [-0.15, -0.1) is 0 Å². The maximum absolute atomic E-state index is 11.8. The molecule has 2 saturated heterocycles. The number of piperidine rings is 1. The van der Waals surface area contributed by atoms with Gasteiger partial charge in [0.05, 0.1) is 16.2 Å². The molecule has 0 saturated carbocycles. The Hall–Kier alpha value is -2.57. The Morgan fingerprint density at radius 3 is 2.48 bits per heavy atom. The van der Waals surface area contributed by atoms with Gasteiger partial charge in [0.15, 0.2) is 0 Å². The number of nitrogens with zero attached hydrogens (tertiary/aromatic N) is 4. The van der Waals surface area contributed by atoms with E-state index in [-0.39, 0.29) is 5.69 Å². The lowest BCUT2D eigenvalue weighted by molar-refractivity contribution is 0.0994. The van der Waals surface area contributed by atoms with Gasteiger partial charge in [-0.25, -0.2) is 4.52 Å². The van der Waals surface area contributed by atoms with Crippen molar-refractivity contribution in [2.24, 2.45) is 5.73 Å². The number of carbonyl (C=O) groups excluding carboxylic acids is 1. The lowest BCUT2D eigenvalue weighted by Gasteiger charge is -2.38. The number of benzene rings is 1. The largest absolute Gasteiger partial charge is 0.371 e. The van der Waals surface area contributed by atoms with E-state index < -0.39 is 5.91 Å². The second kappa shape index (κ2) is 8.17. The molecule has 2 N–H and O–H groups in total. The molecule has 162 valence electrons. The second-order valence-corrected chi connectivity index (χ2v) is 9.13. The molecule has 5 rings (SSSR count). The summed E-state index contributed by atoms with van der Waals surface area (Å²) in [7, 11) is 0. The fourth-order valence-electron chi connectivity index (χ4n) is 5.09. The van der Waals surface area contributed by atoms with Gasteiger partial charge in [-0.1, -0.05) is 17.7 Å². The van der Waals surface area contributed by atoms with Crippen molar-refractivity contribution in [3.63, 3.8) is 0 Å². The molecule has 2 aromatic heterocycles. The molecule has 31 heavy (non-hydrogen) atoms. The van der Waals surface area contributed by atoms with Crippen LogP contribution in [0, 0.1) is 6.92 Å². The summed E-state index contributed by atoms with van der Waals surface area (Å²) in [5, 5.41) is 5.13. The van der Waals surface area contributed by atoms with E-state index in [9.17, 15) is 4.79 Å². The maximum atomic E-state index is 11.8. The van der Waals surface area contributed by atoms with Crippen LogP contribution in [0.15, 0.2) is 36.4 Å². The summed E-state index contributed by atoms with van der Waals surface area (Å²) in [5.74, 6) is -0.545. The van der Waals surface area contributed by atoms with Gasteiger partial charge in [-0.3, -0.25) is 4.79 Å². The van der Waals surface area contributed by atoms with Crippen molar-refractivity contribution in [3.05, 3.63) is 52.7 Å². The van der Waals surface area contributed by atoms with Gasteiger partial charge in [0.1, 0.15) is 5.69 Å². The van der Waals surface area contributed by atoms with Crippen molar-refractivity contribution in [2.75, 3.05) is 31.1 Å². The van der Waals surface area contributed by atoms with Gasteiger partial charge in [0.2, 0.25) is 0 Å². The standard InChI is InChI=1S/C24H28ClN5O/c1-16-14-18(29-12-8-17(9-13-29)28-10-2-3-11-28)4-5-19(16)21-6-7-22-20(25)15-23(24(26)31)30(22)27-21/h4-7,14-15,17H,2-3,8-13H2,1H3,(H2,26,31). The van der Waals surface area contributed by atoms with E-state index in [4.69, 9.17) is 17.3 Å². The predicted octanol–water partition coefficient (Wildman–Crippen LogP) is 4.13. The number of amides is 1. The van der Waals surface area contributed by atoms with Crippen LogP contribution in [0.25, 0.3) is 16.8 Å². The molecule has 7 heteroatoms. The SMILES string of the molecule is Cc1cc(N2CCC(N3CCCC3)CC2)ccc1-c1ccc2c(Cl)cc(C(N)=O)n2n1. The van der Waals surface area contributed by atoms with Gasteiger partial charge >= 0.3 is 0 Å². The summed E-state index contributed by atoms with van der Waals surface area (Å²) in [4.78, 5) is 16.9. The first-order chi connectivity index (χ1) is 15.0. The van der Waals surface area contributed by atoms with E-state index >= 15 is 0 Å². The molecule has 0 atom stereocenters. The molecule has 6 nitrogen and oxygen atoms in total. The van der Waals surface area contributed by atoms with Crippen LogP contribution in [0.1, 0.15) is 41.7 Å². The summed E-state index contributed by atoms with van der Waals surface area (Å²) < 4.78 is 1.54. The molecular formula is C24H28ClN5O. The highest BCUT2D eigenvalue weighted by Crippen LogP contribution is 2.30. The van der Waals surface area contributed by atoms with Crippen LogP contribution in [0.4, 0.5) is 5.69 Å². The van der Waals surface area contributed by atoms with Crippen molar-refractivity contribution in [2.45, 2.75) is 38.6 Å². The average Bonchev–Trinajstić information content (AvgIpc) is 3.42. The lowest BCUT2D eigenvalue weighted by atomic mass is 10.0. The Labute approximate surface area is 187 Å². The van der Waals surface area contributed by atoms with Crippen molar-refractivity contribution in [1.82, 2.24) is 14.5 Å². The Balaban J connectivity index is 1.37. The molecule has 2 aliphatic rings. The highest BCUT2D eigenvalue weighted by molar-refractivity contribution is 6.34. The molecular weight excluding hydrogens is 410 g/mol. The first-order valence-corrected chi connectivity index (χ1v) is 11.5. The monoisotopic (exact) mass is 437 g/mol. The van der Waals surface area contributed by atoms with Crippen molar-refractivity contribution < 1.29 is 4.79 Å². The molecule has 0 radical (unpaired) electrons. The molecule has 4 heterocycles. The van der Waals surface area contributed by atoms with Crippen LogP contribution in [0.5, 0.6) is 0 Å². The van der Waals surface area contributed by atoms with E-state index in [1.54, 1.807) is 6.07 Å². The number of nitrogens with two attached hydrogens (primary N) is 1. The Morgan fingerprint density at radius 2 is 1.81 bits per heavy atom. The fraction of sp³-hybridized carbons (Fsp3) is 0.417. The summed E-state index contributed by atoms with van der Waals surface area (Å²) in [6.45, 7) is 6.88. The topological polar surface area (TPSA) is 66.9 Å². The molecule has 1 aromatic carbocycles. The van der Waals surface area contributed by atoms with Crippen molar-refractivity contribution in [1.29, 1.82) is 0 Å². The van der Waals surface area contributed by atoms with Crippen LogP contribution in [0.2, 0.25) is 5.02 Å². The van der Waals surface area contributed by atoms with E-state index in [0.29, 0.717) is 10.5 Å². The number of primary amides is 1. The van der Waals surface area contributed by atoms with Gasteiger partial charge in [-0.05, 0) is 81.6 Å². The minimum absolute atomic E-state index is 0.289. The van der Waals surface area contributed by atoms with E-state index in [2.05, 4.69) is 40.0 Å². The third-order valence-corrected chi connectivity index (χ3v) is 7.10. The highest BCUT2D eigenvalue weighted by atomic mass is 35.5. The van der Waals surface area contributed by atoms with E-state index in [0.717, 1.165) is 36.0 Å². The number of likely N-dealkylation sites (tertiary alicyclic amines) is 1. The molecule has 2 fully saturated rings. The average molecular weight is 438 g/mol. The molecule has 3 aromatic rings. The number of carbonyl (C=O) groups is 1. The summed E-state index contributed by atoms with van der Waals surface area (Å²) >= 11 is 6.23. The second-order valence-electron chi connectivity index (χ2n) is 8.72. The number of hydrogen-bond acceptors (Lipinski definition) is 4. The van der Waals surface area contributed by atoms with Crippen LogP contribution in [-0.4, -0.2) is 52.6 Å². The number of anilines is 1. The smallest absolute Gasteiger partial charge is 0.267 e. The minimum Gasteiger partial charge on any atom is -0.371 e. The van der Waals surface area contributed by atoms with E-state index in [1.165, 1.54) is 49.0 Å². The molecule has 0 spiro atoms. The minimum atomic E-state index is -0.545. The van der Waals surface area contributed by atoms with Crippen LogP contribution < -0.4 is 10.6 Å². The Kier molecular flexibility index (Phi) is 5.36. The van der Waals surface area contributed by atoms with Crippen LogP contribution >= 0.6 is 11.6 Å². The lowest BCUT2D eigenvalue weighted by Crippen LogP contribution is -2.43.